The van der Waals surface area contributed by atoms with E-state index < -0.39 is 22.9 Å². The number of amides is 2. The number of hydrazone groups is 1. The Hall–Kier alpha value is -3.89. The van der Waals surface area contributed by atoms with Gasteiger partial charge in [-0.15, -0.1) is 0 Å². The number of ether oxygens (including phenoxy) is 2. The number of nitrogens with zero attached hydrogens (tertiary/aromatic N) is 3. The molecule has 2 atom stereocenters. The predicted molar refractivity (Wildman–Crippen MR) is 150 cm³/mol. The summed E-state index contributed by atoms with van der Waals surface area (Å²) in [5, 5.41) is 8.87. The molecule has 3 aromatic rings. The molecule has 0 fully saturated rings. The number of methoxy groups -OCH3 is 2. The standard InChI is InChI=1S/C28H24ClFN4O4S/c1-37-19-8-3-16(4-9-19)23-14-24(17-5-10-20(38-2)11-6-17)34(33-23)28-32-27(36)25(39-28)15-26(35)31-18-7-12-22(30)21(29)13-18/h3-13,24-25H,14-15H2,1-2H3,(H,31,35)/t24-,25+/m1/s1. The zero-order valence-corrected chi connectivity index (χ0v) is 22.6. The highest BCUT2D eigenvalue weighted by Gasteiger charge is 2.39. The largest absolute Gasteiger partial charge is 0.497 e. The molecule has 0 saturated carbocycles. The van der Waals surface area contributed by atoms with Crippen molar-refractivity contribution < 1.29 is 23.5 Å². The van der Waals surface area contributed by atoms with Crippen molar-refractivity contribution in [1.82, 2.24) is 5.01 Å². The Kier molecular flexibility index (Phi) is 7.85. The van der Waals surface area contributed by atoms with Gasteiger partial charge in [-0.25, -0.2) is 9.40 Å². The van der Waals surface area contributed by atoms with Crippen molar-refractivity contribution in [3.8, 4) is 11.5 Å². The van der Waals surface area contributed by atoms with E-state index in [0.29, 0.717) is 17.3 Å². The van der Waals surface area contributed by atoms with Crippen LogP contribution in [0.5, 0.6) is 11.5 Å². The first-order valence-electron chi connectivity index (χ1n) is 12.0. The minimum atomic E-state index is -0.715. The normalized spacial score (nSPS) is 18.6. The van der Waals surface area contributed by atoms with Crippen LogP contribution in [0.15, 0.2) is 76.8 Å². The third kappa shape index (κ3) is 5.91. The van der Waals surface area contributed by atoms with Crippen molar-refractivity contribution >= 4 is 51.7 Å². The summed E-state index contributed by atoms with van der Waals surface area (Å²) in [5.74, 6) is 0.0716. The van der Waals surface area contributed by atoms with E-state index in [1.165, 1.54) is 30.0 Å². The van der Waals surface area contributed by atoms with Crippen LogP contribution in [0.2, 0.25) is 5.02 Å². The van der Waals surface area contributed by atoms with Crippen LogP contribution in [0.3, 0.4) is 0 Å². The maximum Gasteiger partial charge on any atom is 0.262 e. The van der Waals surface area contributed by atoms with Crippen molar-refractivity contribution in [2.24, 2.45) is 10.1 Å². The zero-order chi connectivity index (χ0) is 27.5. The molecule has 11 heteroatoms. The summed E-state index contributed by atoms with van der Waals surface area (Å²) in [7, 11) is 3.22. The van der Waals surface area contributed by atoms with Gasteiger partial charge in [0.05, 0.1) is 31.0 Å². The van der Waals surface area contributed by atoms with E-state index >= 15 is 0 Å². The number of benzene rings is 3. The SMILES string of the molecule is COc1ccc(C2=NN(C3=NC(=O)[C@H](CC(=O)Nc4ccc(F)c(Cl)c4)S3)[C@@H](c3ccc(OC)cc3)C2)cc1. The summed E-state index contributed by atoms with van der Waals surface area (Å²) in [4.78, 5) is 29.7. The number of carbonyl (C=O) groups is 2. The Morgan fingerprint density at radius 1 is 1.08 bits per heavy atom. The van der Waals surface area contributed by atoms with Crippen LogP contribution in [-0.4, -0.2) is 47.2 Å². The fraction of sp³-hybridized carbons (Fsp3) is 0.214. The monoisotopic (exact) mass is 566 g/mol. The van der Waals surface area contributed by atoms with Gasteiger partial charge in [0.2, 0.25) is 5.91 Å². The number of hydrogen-bond acceptors (Lipinski definition) is 7. The molecule has 0 unspecified atom stereocenters. The van der Waals surface area contributed by atoms with E-state index in [9.17, 15) is 14.0 Å². The van der Waals surface area contributed by atoms with Gasteiger partial charge in [-0.05, 0) is 65.7 Å². The second kappa shape index (κ2) is 11.5. The number of anilines is 1. The average Bonchev–Trinajstić information content (AvgIpc) is 3.54. The van der Waals surface area contributed by atoms with E-state index in [-0.39, 0.29) is 17.5 Å². The Morgan fingerprint density at radius 3 is 2.38 bits per heavy atom. The molecule has 1 N–H and O–H groups in total. The quantitative estimate of drug-likeness (QED) is 0.396. The highest BCUT2D eigenvalue weighted by molar-refractivity contribution is 8.15. The van der Waals surface area contributed by atoms with Gasteiger partial charge in [0.15, 0.2) is 5.17 Å². The molecule has 3 aromatic carbocycles. The molecule has 2 amide bonds. The minimum Gasteiger partial charge on any atom is -0.497 e. The van der Waals surface area contributed by atoms with Crippen molar-refractivity contribution in [3.05, 3.63) is 88.7 Å². The van der Waals surface area contributed by atoms with E-state index in [4.69, 9.17) is 26.2 Å². The molecular weight excluding hydrogens is 543 g/mol. The van der Waals surface area contributed by atoms with Crippen LogP contribution < -0.4 is 14.8 Å². The van der Waals surface area contributed by atoms with Gasteiger partial charge < -0.3 is 14.8 Å². The van der Waals surface area contributed by atoms with E-state index in [1.807, 2.05) is 48.5 Å². The van der Waals surface area contributed by atoms with E-state index in [1.54, 1.807) is 19.2 Å². The maximum absolute atomic E-state index is 13.4. The Labute approximate surface area is 233 Å². The lowest BCUT2D eigenvalue weighted by atomic mass is 9.98. The van der Waals surface area contributed by atoms with Gasteiger partial charge in [-0.3, -0.25) is 9.59 Å². The average molecular weight is 567 g/mol. The van der Waals surface area contributed by atoms with E-state index in [2.05, 4.69) is 10.3 Å². The fourth-order valence-electron chi connectivity index (χ4n) is 4.29. The summed E-state index contributed by atoms with van der Waals surface area (Å²) in [6, 6.07) is 19.0. The molecule has 2 heterocycles. The number of nitrogens with one attached hydrogen (secondary N) is 1. The lowest BCUT2D eigenvalue weighted by molar-refractivity contribution is -0.121. The topological polar surface area (TPSA) is 92.6 Å². The van der Waals surface area contributed by atoms with Crippen LogP contribution in [0.25, 0.3) is 0 Å². The van der Waals surface area contributed by atoms with Gasteiger partial charge in [0.25, 0.3) is 5.91 Å². The first kappa shape index (κ1) is 26.7. The third-order valence-electron chi connectivity index (χ3n) is 6.33. The molecule has 200 valence electrons. The van der Waals surface area contributed by atoms with E-state index in [0.717, 1.165) is 28.3 Å². The number of thioether (sulfide) groups is 1. The second-order valence-corrected chi connectivity index (χ2v) is 10.4. The maximum atomic E-state index is 13.4. The summed E-state index contributed by atoms with van der Waals surface area (Å²) in [6.45, 7) is 0. The summed E-state index contributed by atoms with van der Waals surface area (Å²) < 4.78 is 24.0. The lowest BCUT2D eigenvalue weighted by Gasteiger charge is -2.23. The minimum absolute atomic E-state index is 0.103. The van der Waals surface area contributed by atoms with Crippen LogP contribution in [-0.2, 0) is 9.59 Å². The summed E-state index contributed by atoms with van der Waals surface area (Å²) >= 11 is 7.00. The Bertz CT molecular complexity index is 1460. The molecule has 0 radical (unpaired) electrons. The Morgan fingerprint density at radius 2 is 1.74 bits per heavy atom. The number of rotatable bonds is 7. The number of aliphatic imine (C=N–C) groups is 1. The van der Waals surface area contributed by atoms with Crippen molar-refractivity contribution in [2.45, 2.75) is 24.1 Å². The molecule has 39 heavy (non-hydrogen) atoms. The molecule has 2 aliphatic rings. The van der Waals surface area contributed by atoms with Gasteiger partial charge in [-0.2, -0.15) is 10.1 Å². The molecule has 8 nitrogen and oxygen atoms in total. The molecule has 0 aliphatic carbocycles. The van der Waals surface area contributed by atoms with Crippen molar-refractivity contribution in [1.29, 1.82) is 0 Å². The molecule has 2 aliphatic heterocycles. The van der Waals surface area contributed by atoms with Crippen LogP contribution in [0, 0.1) is 5.82 Å². The van der Waals surface area contributed by atoms with Crippen molar-refractivity contribution in [2.75, 3.05) is 19.5 Å². The summed E-state index contributed by atoms with van der Waals surface area (Å²) in [6.07, 6.45) is 0.477. The number of amidine groups is 1. The number of halogens is 2. The molecule has 0 saturated heterocycles. The summed E-state index contributed by atoms with van der Waals surface area (Å²) in [5.41, 5.74) is 3.09. The van der Waals surface area contributed by atoms with Gasteiger partial charge in [0, 0.05) is 18.5 Å². The molecule has 0 spiro atoms. The van der Waals surface area contributed by atoms with Gasteiger partial charge >= 0.3 is 0 Å². The lowest BCUT2D eigenvalue weighted by Crippen LogP contribution is -2.25. The Balaban J connectivity index is 1.35. The van der Waals surface area contributed by atoms with Crippen LogP contribution in [0.4, 0.5) is 10.1 Å². The molecule has 0 aromatic heterocycles. The number of hydrogen-bond donors (Lipinski definition) is 1. The smallest absolute Gasteiger partial charge is 0.262 e. The molecule has 5 rings (SSSR count). The number of carbonyl (C=O) groups excluding carboxylic acids is 2. The molecular formula is C28H24ClFN4O4S. The third-order valence-corrected chi connectivity index (χ3v) is 7.76. The van der Waals surface area contributed by atoms with Crippen molar-refractivity contribution in [3.63, 3.8) is 0 Å². The van der Waals surface area contributed by atoms with Crippen LogP contribution >= 0.6 is 23.4 Å². The van der Waals surface area contributed by atoms with Crippen LogP contribution in [0.1, 0.15) is 30.0 Å². The highest BCUT2D eigenvalue weighted by Crippen LogP contribution is 2.39. The first-order valence-corrected chi connectivity index (χ1v) is 13.3. The molecule has 0 bridgehead atoms. The highest BCUT2D eigenvalue weighted by atomic mass is 35.5. The first-order chi connectivity index (χ1) is 18.8. The fourth-order valence-corrected chi connectivity index (χ4v) is 5.53. The second-order valence-electron chi connectivity index (χ2n) is 8.83. The van der Waals surface area contributed by atoms with Gasteiger partial charge in [-0.1, -0.05) is 35.5 Å². The zero-order valence-electron chi connectivity index (χ0n) is 21.1. The van der Waals surface area contributed by atoms with Gasteiger partial charge in [0.1, 0.15) is 22.6 Å². The predicted octanol–water partition coefficient (Wildman–Crippen LogP) is 5.67.